The van der Waals surface area contributed by atoms with E-state index in [9.17, 15) is 8.78 Å². The van der Waals surface area contributed by atoms with Crippen LogP contribution in [0, 0.1) is 11.6 Å². The van der Waals surface area contributed by atoms with Crippen molar-refractivity contribution in [3.8, 4) is 0 Å². The third kappa shape index (κ3) is 4.90. The van der Waals surface area contributed by atoms with E-state index in [1.54, 1.807) is 24.3 Å². The summed E-state index contributed by atoms with van der Waals surface area (Å²) in [5.74, 6) is -0.434. The Bertz CT molecular complexity index is 513. The maximum absolute atomic E-state index is 12.9. The van der Waals surface area contributed by atoms with Crippen molar-refractivity contribution >= 4 is 0 Å². The first kappa shape index (κ1) is 16.6. The number of hydrogen-bond donors (Lipinski definition) is 2. The first-order valence-corrected chi connectivity index (χ1v) is 7.54. The Kier molecular flexibility index (Phi) is 6.04. The van der Waals surface area contributed by atoms with Crippen LogP contribution in [0.2, 0.25) is 0 Å². The summed E-state index contributed by atoms with van der Waals surface area (Å²) in [7, 11) is 0. The molecular weight excluding hydrogens is 282 g/mol. The van der Waals surface area contributed by atoms with Crippen LogP contribution >= 0.6 is 0 Å². The van der Waals surface area contributed by atoms with Crippen LogP contribution in [0.1, 0.15) is 37.1 Å². The van der Waals surface area contributed by atoms with E-state index in [0.717, 1.165) is 24.2 Å². The molecule has 0 heterocycles. The second-order valence-corrected chi connectivity index (χ2v) is 5.45. The third-order valence-corrected chi connectivity index (χ3v) is 3.77. The fraction of sp³-hybridized carbons (Fsp3) is 0.333. The molecule has 2 rings (SSSR count). The molecule has 0 bridgehead atoms. The maximum atomic E-state index is 12.9. The molecule has 22 heavy (non-hydrogen) atoms. The van der Waals surface area contributed by atoms with Crippen LogP contribution in [0.5, 0.6) is 0 Å². The van der Waals surface area contributed by atoms with E-state index in [-0.39, 0.29) is 23.7 Å². The van der Waals surface area contributed by atoms with Crippen molar-refractivity contribution in [3.05, 3.63) is 71.3 Å². The van der Waals surface area contributed by atoms with E-state index in [0.29, 0.717) is 0 Å². The minimum Gasteiger partial charge on any atom is -0.309 e. The van der Waals surface area contributed by atoms with Crippen LogP contribution in [0.4, 0.5) is 8.78 Å². The predicted molar refractivity (Wildman–Crippen MR) is 85.6 cm³/mol. The molecule has 0 saturated heterocycles. The number of nitrogens with one attached hydrogen (secondary N) is 2. The summed E-state index contributed by atoms with van der Waals surface area (Å²) in [6, 6.07) is 13.4. The highest BCUT2D eigenvalue weighted by Crippen LogP contribution is 2.13. The Morgan fingerprint density at radius 2 is 1.00 bits per heavy atom. The van der Waals surface area contributed by atoms with Crippen molar-refractivity contribution in [2.75, 3.05) is 13.1 Å². The summed E-state index contributed by atoms with van der Waals surface area (Å²) >= 11 is 0. The molecular formula is C18H22F2N2. The summed E-state index contributed by atoms with van der Waals surface area (Å²) in [6.07, 6.45) is 0. The summed E-state index contributed by atoms with van der Waals surface area (Å²) in [4.78, 5) is 0. The van der Waals surface area contributed by atoms with Crippen molar-refractivity contribution in [2.45, 2.75) is 25.9 Å². The number of halogens is 2. The highest BCUT2D eigenvalue weighted by molar-refractivity contribution is 5.20. The molecule has 0 saturated carbocycles. The standard InChI is InChI=1S/C18H22F2N2/c1-13(15-3-7-17(19)8-4-15)21-11-12-22-14(2)16-5-9-18(20)10-6-16/h3-10,13-14,21-22H,11-12H2,1-2H3/t13-,14-/m0/s1. The lowest BCUT2D eigenvalue weighted by atomic mass is 10.1. The Morgan fingerprint density at radius 3 is 1.32 bits per heavy atom. The van der Waals surface area contributed by atoms with E-state index in [1.165, 1.54) is 24.3 Å². The van der Waals surface area contributed by atoms with Gasteiger partial charge in [0, 0.05) is 25.2 Å². The van der Waals surface area contributed by atoms with Crippen LogP contribution in [-0.2, 0) is 0 Å². The van der Waals surface area contributed by atoms with Crippen molar-refractivity contribution in [1.29, 1.82) is 0 Å². The lowest BCUT2D eigenvalue weighted by Gasteiger charge is -2.17. The Morgan fingerprint density at radius 1 is 0.682 bits per heavy atom. The molecule has 2 aromatic rings. The second kappa shape index (κ2) is 8.01. The zero-order valence-corrected chi connectivity index (χ0v) is 12.9. The van der Waals surface area contributed by atoms with E-state index in [1.807, 2.05) is 0 Å². The predicted octanol–water partition coefficient (Wildman–Crippen LogP) is 3.97. The minimum atomic E-state index is -0.217. The van der Waals surface area contributed by atoms with Gasteiger partial charge in [0.05, 0.1) is 0 Å². The largest absolute Gasteiger partial charge is 0.309 e. The summed E-state index contributed by atoms with van der Waals surface area (Å²) < 4.78 is 25.8. The molecule has 118 valence electrons. The lowest BCUT2D eigenvalue weighted by Crippen LogP contribution is -2.30. The van der Waals surface area contributed by atoms with Gasteiger partial charge in [0.15, 0.2) is 0 Å². The highest BCUT2D eigenvalue weighted by Gasteiger charge is 2.06. The van der Waals surface area contributed by atoms with Gasteiger partial charge in [0.25, 0.3) is 0 Å². The van der Waals surface area contributed by atoms with Crippen molar-refractivity contribution < 1.29 is 8.78 Å². The van der Waals surface area contributed by atoms with Crippen LogP contribution in [0.25, 0.3) is 0 Å². The molecule has 0 spiro atoms. The highest BCUT2D eigenvalue weighted by atomic mass is 19.1. The minimum absolute atomic E-state index is 0.170. The van der Waals surface area contributed by atoms with E-state index in [4.69, 9.17) is 0 Å². The third-order valence-electron chi connectivity index (χ3n) is 3.77. The van der Waals surface area contributed by atoms with Gasteiger partial charge < -0.3 is 10.6 Å². The molecule has 0 aliphatic carbocycles. The average molecular weight is 304 g/mol. The fourth-order valence-electron chi connectivity index (χ4n) is 2.32. The Labute approximate surface area is 130 Å². The van der Waals surface area contributed by atoms with E-state index < -0.39 is 0 Å². The Hall–Kier alpha value is -1.78. The lowest BCUT2D eigenvalue weighted by molar-refractivity contribution is 0.510. The zero-order valence-electron chi connectivity index (χ0n) is 12.9. The topological polar surface area (TPSA) is 24.1 Å². The zero-order chi connectivity index (χ0) is 15.9. The van der Waals surface area contributed by atoms with Gasteiger partial charge in [-0.2, -0.15) is 0 Å². The van der Waals surface area contributed by atoms with Crippen LogP contribution < -0.4 is 10.6 Å². The molecule has 0 fully saturated rings. The smallest absolute Gasteiger partial charge is 0.123 e. The molecule has 0 aliphatic heterocycles. The second-order valence-electron chi connectivity index (χ2n) is 5.45. The molecule has 0 aliphatic rings. The number of hydrogen-bond acceptors (Lipinski definition) is 2. The molecule has 0 unspecified atom stereocenters. The summed E-state index contributed by atoms with van der Waals surface area (Å²) in [5.41, 5.74) is 2.13. The van der Waals surface area contributed by atoms with E-state index >= 15 is 0 Å². The molecule has 0 radical (unpaired) electrons. The van der Waals surface area contributed by atoms with Gasteiger partial charge >= 0.3 is 0 Å². The first-order valence-electron chi connectivity index (χ1n) is 7.54. The van der Waals surface area contributed by atoms with Crippen LogP contribution in [0.3, 0.4) is 0 Å². The molecule has 0 aromatic heterocycles. The quantitative estimate of drug-likeness (QED) is 0.756. The van der Waals surface area contributed by atoms with E-state index in [2.05, 4.69) is 24.5 Å². The Balaban J connectivity index is 1.72. The van der Waals surface area contributed by atoms with Gasteiger partial charge in [-0.05, 0) is 49.2 Å². The summed E-state index contributed by atoms with van der Waals surface area (Å²) in [5, 5.41) is 6.78. The number of rotatable bonds is 7. The first-order chi connectivity index (χ1) is 10.6. The van der Waals surface area contributed by atoms with Gasteiger partial charge in [0.2, 0.25) is 0 Å². The summed E-state index contributed by atoms with van der Waals surface area (Å²) in [6.45, 7) is 5.70. The molecule has 2 aromatic carbocycles. The SMILES string of the molecule is C[C@H](NCCN[C@@H](C)c1ccc(F)cc1)c1ccc(F)cc1. The van der Waals surface area contributed by atoms with Crippen LogP contribution in [0.15, 0.2) is 48.5 Å². The van der Waals surface area contributed by atoms with Crippen molar-refractivity contribution in [3.63, 3.8) is 0 Å². The molecule has 2 nitrogen and oxygen atoms in total. The van der Waals surface area contributed by atoms with Gasteiger partial charge in [-0.3, -0.25) is 0 Å². The van der Waals surface area contributed by atoms with Crippen molar-refractivity contribution in [2.24, 2.45) is 0 Å². The van der Waals surface area contributed by atoms with Crippen LogP contribution in [-0.4, -0.2) is 13.1 Å². The fourth-order valence-corrected chi connectivity index (χ4v) is 2.32. The van der Waals surface area contributed by atoms with Gasteiger partial charge in [0.1, 0.15) is 11.6 Å². The molecule has 2 N–H and O–H groups in total. The van der Waals surface area contributed by atoms with Crippen molar-refractivity contribution in [1.82, 2.24) is 10.6 Å². The van der Waals surface area contributed by atoms with Gasteiger partial charge in [-0.1, -0.05) is 24.3 Å². The average Bonchev–Trinajstić information content (AvgIpc) is 2.52. The van der Waals surface area contributed by atoms with Gasteiger partial charge in [-0.25, -0.2) is 8.78 Å². The normalized spacial score (nSPS) is 13.8. The van der Waals surface area contributed by atoms with Gasteiger partial charge in [-0.15, -0.1) is 0 Å². The molecule has 4 heteroatoms. The molecule has 2 atom stereocenters. The maximum Gasteiger partial charge on any atom is 0.123 e. The number of benzene rings is 2. The molecule has 0 amide bonds. The monoisotopic (exact) mass is 304 g/mol.